The first-order valence-corrected chi connectivity index (χ1v) is 7.06. The minimum absolute atomic E-state index is 0.181. The lowest BCUT2D eigenvalue weighted by atomic mass is 9.98. The van der Waals surface area contributed by atoms with Gasteiger partial charge in [-0.25, -0.2) is 9.97 Å². The Morgan fingerprint density at radius 3 is 2.25 bits per heavy atom. The van der Waals surface area contributed by atoms with Crippen molar-refractivity contribution >= 4 is 0 Å². The number of rotatable bonds is 3. The van der Waals surface area contributed by atoms with Crippen LogP contribution in [0.25, 0.3) is 11.3 Å². The van der Waals surface area contributed by atoms with Gasteiger partial charge in [0.2, 0.25) is 0 Å². The quantitative estimate of drug-likeness (QED) is 0.928. The van der Waals surface area contributed by atoms with E-state index in [-0.39, 0.29) is 5.92 Å². The predicted molar refractivity (Wildman–Crippen MR) is 83.9 cm³/mol. The van der Waals surface area contributed by atoms with E-state index < -0.39 is 0 Å². The van der Waals surface area contributed by atoms with Gasteiger partial charge >= 0.3 is 0 Å². The van der Waals surface area contributed by atoms with Gasteiger partial charge in [0, 0.05) is 23.7 Å². The lowest BCUT2D eigenvalue weighted by Gasteiger charge is -2.13. The van der Waals surface area contributed by atoms with Crippen molar-refractivity contribution in [1.29, 1.82) is 0 Å². The molecule has 0 spiro atoms. The van der Waals surface area contributed by atoms with E-state index in [1.165, 1.54) is 22.3 Å². The van der Waals surface area contributed by atoms with Crippen LogP contribution in [0, 0.1) is 27.7 Å². The molecule has 0 aliphatic rings. The summed E-state index contributed by atoms with van der Waals surface area (Å²) in [4.78, 5) is 9.22. The van der Waals surface area contributed by atoms with E-state index in [0.29, 0.717) is 6.54 Å². The third-order valence-electron chi connectivity index (χ3n) is 3.78. The van der Waals surface area contributed by atoms with E-state index in [9.17, 15) is 0 Å². The maximum Gasteiger partial charge on any atom is 0.133 e. The summed E-state index contributed by atoms with van der Waals surface area (Å²) in [6.07, 6.45) is 0. The van der Waals surface area contributed by atoms with Crippen molar-refractivity contribution in [2.45, 2.75) is 40.5 Å². The third-order valence-corrected chi connectivity index (χ3v) is 3.78. The molecule has 0 saturated carbocycles. The normalized spacial score (nSPS) is 12.5. The smallest absolute Gasteiger partial charge is 0.133 e. The molecule has 1 heterocycles. The maximum absolute atomic E-state index is 5.74. The van der Waals surface area contributed by atoms with Gasteiger partial charge < -0.3 is 5.73 Å². The first kappa shape index (κ1) is 14.7. The molecule has 0 fully saturated rings. The second-order valence-corrected chi connectivity index (χ2v) is 5.64. The van der Waals surface area contributed by atoms with Gasteiger partial charge in [-0.1, -0.05) is 13.0 Å². The highest BCUT2D eigenvalue weighted by Crippen LogP contribution is 2.26. The molecular weight excluding hydrogens is 246 g/mol. The van der Waals surface area contributed by atoms with Crippen molar-refractivity contribution in [3.05, 3.63) is 46.4 Å². The number of nitrogens with two attached hydrogens (primary N) is 1. The zero-order valence-electron chi connectivity index (χ0n) is 13.0. The van der Waals surface area contributed by atoms with Crippen molar-refractivity contribution < 1.29 is 0 Å². The van der Waals surface area contributed by atoms with Crippen LogP contribution in [0.5, 0.6) is 0 Å². The topological polar surface area (TPSA) is 51.8 Å². The Morgan fingerprint density at radius 1 is 0.950 bits per heavy atom. The zero-order chi connectivity index (χ0) is 14.9. The standard InChI is InChI=1S/C17H23N3/c1-10-6-12(3)15(7-11(10)2)16-8-14(5)19-17(20-16)13(4)9-18/h6-8,13H,9,18H2,1-5H3. The molecule has 3 heteroatoms. The fraction of sp³-hybridized carbons (Fsp3) is 0.412. The number of hydrogen-bond acceptors (Lipinski definition) is 3. The summed E-state index contributed by atoms with van der Waals surface area (Å²) in [6.45, 7) is 11.0. The average molecular weight is 269 g/mol. The van der Waals surface area contributed by atoms with Crippen LogP contribution >= 0.6 is 0 Å². The zero-order valence-corrected chi connectivity index (χ0v) is 13.0. The fourth-order valence-corrected chi connectivity index (χ4v) is 2.29. The molecule has 0 amide bonds. The molecule has 2 N–H and O–H groups in total. The number of nitrogens with zero attached hydrogens (tertiary/aromatic N) is 2. The molecule has 0 radical (unpaired) electrons. The van der Waals surface area contributed by atoms with Gasteiger partial charge in [-0.3, -0.25) is 0 Å². The lowest BCUT2D eigenvalue weighted by Crippen LogP contribution is -2.13. The van der Waals surface area contributed by atoms with E-state index >= 15 is 0 Å². The van der Waals surface area contributed by atoms with Gasteiger partial charge in [-0.05, 0) is 56.5 Å². The second kappa shape index (κ2) is 5.71. The van der Waals surface area contributed by atoms with E-state index in [2.05, 4.69) is 44.8 Å². The van der Waals surface area contributed by atoms with E-state index in [4.69, 9.17) is 10.7 Å². The second-order valence-electron chi connectivity index (χ2n) is 5.64. The van der Waals surface area contributed by atoms with Crippen LogP contribution in [0.1, 0.15) is 41.1 Å². The minimum Gasteiger partial charge on any atom is -0.330 e. The van der Waals surface area contributed by atoms with E-state index in [1.807, 2.05) is 13.0 Å². The summed E-state index contributed by atoms with van der Waals surface area (Å²) >= 11 is 0. The molecule has 0 saturated heterocycles. The Balaban J connectivity index is 2.58. The number of aromatic nitrogens is 2. The van der Waals surface area contributed by atoms with E-state index in [0.717, 1.165) is 17.2 Å². The van der Waals surface area contributed by atoms with Crippen LogP contribution in [-0.2, 0) is 0 Å². The van der Waals surface area contributed by atoms with Crippen molar-refractivity contribution in [3.63, 3.8) is 0 Å². The first-order valence-electron chi connectivity index (χ1n) is 7.06. The monoisotopic (exact) mass is 269 g/mol. The lowest BCUT2D eigenvalue weighted by molar-refractivity contribution is 0.708. The van der Waals surface area contributed by atoms with Crippen LogP contribution in [0.3, 0.4) is 0 Å². The SMILES string of the molecule is Cc1cc(-c2cc(C)c(C)cc2C)nc(C(C)CN)n1. The number of hydrogen-bond donors (Lipinski definition) is 1. The maximum atomic E-state index is 5.74. The molecule has 0 bridgehead atoms. The molecule has 1 aromatic carbocycles. The average Bonchev–Trinajstić information content (AvgIpc) is 2.41. The fourth-order valence-electron chi connectivity index (χ4n) is 2.29. The highest BCUT2D eigenvalue weighted by Gasteiger charge is 2.12. The predicted octanol–water partition coefficient (Wildman–Crippen LogP) is 3.44. The molecule has 106 valence electrons. The highest BCUT2D eigenvalue weighted by molar-refractivity contribution is 5.65. The number of aryl methyl sites for hydroxylation is 4. The van der Waals surface area contributed by atoms with Gasteiger partial charge in [0.25, 0.3) is 0 Å². The molecule has 1 atom stereocenters. The van der Waals surface area contributed by atoms with E-state index in [1.54, 1.807) is 0 Å². The van der Waals surface area contributed by atoms with Crippen molar-refractivity contribution in [2.75, 3.05) is 6.54 Å². The molecule has 0 aliphatic carbocycles. The van der Waals surface area contributed by atoms with Crippen molar-refractivity contribution in [2.24, 2.45) is 5.73 Å². The highest BCUT2D eigenvalue weighted by atomic mass is 14.9. The third kappa shape index (κ3) is 2.88. The Kier molecular flexibility index (Phi) is 4.19. The van der Waals surface area contributed by atoms with Crippen molar-refractivity contribution in [1.82, 2.24) is 9.97 Å². The molecule has 1 unspecified atom stereocenters. The molecule has 3 nitrogen and oxygen atoms in total. The van der Waals surface area contributed by atoms with Crippen LogP contribution in [0.15, 0.2) is 18.2 Å². The molecule has 2 rings (SSSR count). The minimum atomic E-state index is 0.181. The Labute approximate surface area is 121 Å². The summed E-state index contributed by atoms with van der Waals surface area (Å²) in [5.41, 5.74) is 12.8. The number of benzene rings is 1. The van der Waals surface area contributed by atoms with Crippen LogP contribution < -0.4 is 5.73 Å². The van der Waals surface area contributed by atoms with Gasteiger partial charge in [0.05, 0.1) is 5.69 Å². The van der Waals surface area contributed by atoms with Gasteiger partial charge in [0.1, 0.15) is 5.82 Å². The Hall–Kier alpha value is -1.74. The first-order chi connectivity index (χ1) is 9.42. The van der Waals surface area contributed by atoms with Gasteiger partial charge in [-0.15, -0.1) is 0 Å². The van der Waals surface area contributed by atoms with Crippen LogP contribution in [0.4, 0.5) is 0 Å². The molecule has 0 aliphatic heterocycles. The summed E-state index contributed by atoms with van der Waals surface area (Å²) in [6, 6.07) is 6.47. The summed E-state index contributed by atoms with van der Waals surface area (Å²) < 4.78 is 0. The Bertz CT molecular complexity index is 632. The van der Waals surface area contributed by atoms with Gasteiger partial charge in [-0.2, -0.15) is 0 Å². The summed E-state index contributed by atoms with van der Waals surface area (Å²) in [5, 5.41) is 0. The summed E-state index contributed by atoms with van der Waals surface area (Å²) in [5.74, 6) is 1.01. The molecular formula is C17H23N3. The largest absolute Gasteiger partial charge is 0.330 e. The van der Waals surface area contributed by atoms with Crippen molar-refractivity contribution in [3.8, 4) is 11.3 Å². The molecule has 20 heavy (non-hydrogen) atoms. The van der Waals surface area contributed by atoms with Crippen LogP contribution in [0.2, 0.25) is 0 Å². The molecule has 1 aromatic heterocycles. The summed E-state index contributed by atoms with van der Waals surface area (Å²) in [7, 11) is 0. The van der Waals surface area contributed by atoms with Gasteiger partial charge in [0.15, 0.2) is 0 Å². The van der Waals surface area contributed by atoms with Crippen LogP contribution in [-0.4, -0.2) is 16.5 Å². The Morgan fingerprint density at radius 2 is 1.60 bits per heavy atom. The molecule has 2 aromatic rings.